The zero-order chi connectivity index (χ0) is 9.84. The Morgan fingerprint density at radius 3 is 2.62 bits per heavy atom. The Kier molecular flexibility index (Phi) is 3.90. The predicted octanol–water partition coefficient (Wildman–Crippen LogP) is 2.09. The van der Waals surface area contributed by atoms with E-state index < -0.39 is 0 Å². The van der Waals surface area contributed by atoms with Gasteiger partial charge in [0, 0.05) is 22.3 Å². The first-order chi connectivity index (χ1) is 6.09. The number of thiophene rings is 1. The maximum atomic E-state index is 9.09. The van der Waals surface area contributed by atoms with Crippen molar-refractivity contribution < 1.29 is 5.11 Å². The van der Waals surface area contributed by atoms with Crippen LogP contribution in [0.1, 0.15) is 29.6 Å². The van der Waals surface area contributed by atoms with E-state index in [0.717, 1.165) is 0 Å². The maximum Gasteiger partial charge on any atom is 0.0636 e. The Labute approximate surface area is 83.6 Å². The fraction of sp³-hybridized carbons (Fsp3) is 0.600. The lowest BCUT2D eigenvalue weighted by molar-refractivity contribution is 0.187. The summed E-state index contributed by atoms with van der Waals surface area (Å²) in [5.74, 6) is 0. The molecule has 74 valence electrons. The number of aliphatic hydroxyl groups is 1. The van der Waals surface area contributed by atoms with E-state index in [9.17, 15) is 0 Å². The van der Waals surface area contributed by atoms with Gasteiger partial charge in [-0.15, -0.1) is 11.3 Å². The minimum atomic E-state index is -0.275. The smallest absolute Gasteiger partial charge is 0.0636 e. The molecule has 0 bridgehead atoms. The van der Waals surface area contributed by atoms with Crippen LogP contribution in [0.25, 0.3) is 0 Å². The van der Waals surface area contributed by atoms with Crippen molar-refractivity contribution in [3.63, 3.8) is 0 Å². The van der Waals surface area contributed by atoms with E-state index in [4.69, 9.17) is 5.11 Å². The topological polar surface area (TPSA) is 32.3 Å². The fourth-order valence-corrected chi connectivity index (χ4v) is 2.04. The SMILES string of the molecule is Cc1ccc(C(C)NC[C@H](C)O)s1. The van der Waals surface area contributed by atoms with Gasteiger partial charge in [0.05, 0.1) is 6.10 Å². The summed E-state index contributed by atoms with van der Waals surface area (Å²) < 4.78 is 0. The minimum Gasteiger partial charge on any atom is -0.392 e. The molecule has 1 heterocycles. The van der Waals surface area contributed by atoms with Crippen molar-refractivity contribution in [1.82, 2.24) is 5.32 Å². The molecule has 0 saturated carbocycles. The summed E-state index contributed by atoms with van der Waals surface area (Å²) in [6, 6.07) is 4.61. The lowest BCUT2D eigenvalue weighted by atomic mass is 10.2. The highest BCUT2D eigenvalue weighted by atomic mass is 32.1. The summed E-state index contributed by atoms with van der Waals surface area (Å²) in [4.78, 5) is 2.67. The van der Waals surface area contributed by atoms with E-state index in [1.807, 2.05) is 0 Å². The Bertz CT molecular complexity index is 257. The largest absolute Gasteiger partial charge is 0.392 e. The van der Waals surface area contributed by atoms with Gasteiger partial charge in [0.25, 0.3) is 0 Å². The van der Waals surface area contributed by atoms with Crippen LogP contribution in [0, 0.1) is 6.92 Å². The fourth-order valence-electron chi connectivity index (χ4n) is 1.13. The summed E-state index contributed by atoms with van der Waals surface area (Å²) in [6.45, 7) is 6.67. The summed E-state index contributed by atoms with van der Waals surface area (Å²) in [6.07, 6.45) is -0.275. The highest BCUT2D eigenvalue weighted by molar-refractivity contribution is 7.12. The van der Waals surface area contributed by atoms with Gasteiger partial charge in [-0.3, -0.25) is 0 Å². The van der Waals surface area contributed by atoms with Crippen LogP contribution >= 0.6 is 11.3 Å². The Morgan fingerprint density at radius 2 is 2.15 bits per heavy atom. The van der Waals surface area contributed by atoms with Crippen LogP contribution in [-0.2, 0) is 0 Å². The summed E-state index contributed by atoms with van der Waals surface area (Å²) >= 11 is 1.80. The average molecular weight is 199 g/mol. The number of aliphatic hydroxyl groups excluding tert-OH is 1. The second kappa shape index (κ2) is 4.74. The van der Waals surface area contributed by atoms with Gasteiger partial charge in [0.15, 0.2) is 0 Å². The molecule has 1 unspecified atom stereocenters. The van der Waals surface area contributed by atoms with Gasteiger partial charge in [0.2, 0.25) is 0 Å². The van der Waals surface area contributed by atoms with Crippen LogP contribution < -0.4 is 5.32 Å². The van der Waals surface area contributed by atoms with Crippen molar-refractivity contribution in [2.45, 2.75) is 32.9 Å². The molecule has 0 spiro atoms. The lowest BCUT2D eigenvalue weighted by Crippen LogP contribution is -2.26. The molecule has 3 heteroatoms. The van der Waals surface area contributed by atoms with E-state index in [0.29, 0.717) is 12.6 Å². The molecule has 0 amide bonds. The summed E-state index contributed by atoms with van der Waals surface area (Å²) in [7, 11) is 0. The molecule has 1 aromatic heterocycles. The van der Waals surface area contributed by atoms with Crippen molar-refractivity contribution in [3.05, 3.63) is 21.9 Å². The molecule has 1 aromatic rings. The van der Waals surface area contributed by atoms with Crippen molar-refractivity contribution in [3.8, 4) is 0 Å². The van der Waals surface area contributed by atoms with Crippen molar-refractivity contribution in [2.24, 2.45) is 0 Å². The zero-order valence-corrected chi connectivity index (χ0v) is 9.19. The van der Waals surface area contributed by atoms with E-state index in [-0.39, 0.29) is 6.10 Å². The first-order valence-electron chi connectivity index (χ1n) is 4.57. The van der Waals surface area contributed by atoms with Crippen molar-refractivity contribution in [1.29, 1.82) is 0 Å². The molecular formula is C10H17NOS. The Morgan fingerprint density at radius 1 is 1.46 bits per heavy atom. The third-order valence-corrected chi connectivity index (χ3v) is 3.09. The highest BCUT2D eigenvalue weighted by Gasteiger charge is 2.07. The molecule has 0 radical (unpaired) electrons. The average Bonchev–Trinajstić information content (AvgIpc) is 2.47. The molecule has 0 aliphatic heterocycles. The number of hydrogen-bond acceptors (Lipinski definition) is 3. The van der Waals surface area contributed by atoms with Crippen molar-refractivity contribution >= 4 is 11.3 Å². The monoisotopic (exact) mass is 199 g/mol. The molecule has 2 N–H and O–H groups in total. The third-order valence-electron chi connectivity index (χ3n) is 1.91. The normalized spacial score (nSPS) is 15.7. The van der Waals surface area contributed by atoms with Crippen LogP contribution in [0.3, 0.4) is 0 Å². The van der Waals surface area contributed by atoms with Gasteiger partial charge in [-0.05, 0) is 32.9 Å². The molecule has 13 heavy (non-hydrogen) atoms. The summed E-state index contributed by atoms with van der Waals surface area (Å²) in [5.41, 5.74) is 0. The van der Waals surface area contributed by atoms with Crippen LogP contribution in [-0.4, -0.2) is 17.8 Å². The van der Waals surface area contributed by atoms with E-state index >= 15 is 0 Å². The first-order valence-corrected chi connectivity index (χ1v) is 5.39. The zero-order valence-electron chi connectivity index (χ0n) is 8.37. The predicted molar refractivity (Wildman–Crippen MR) is 57.2 cm³/mol. The lowest BCUT2D eigenvalue weighted by Gasteiger charge is -2.13. The van der Waals surface area contributed by atoms with Gasteiger partial charge in [-0.2, -0.15) is 0 Å². The standard InChI is InChI=1S/C10H17NOS/c1-7(12)6-11-9(3)10-5-4-8(2)13-10/h4-5,7,9,11-12H,6H2,1-3H3/t7-,9?/m0/s1. The third kappa shape index (κ3) is 3.46. The minimum absolute atomic E-state index is 0.275. The first kappa shape index (κ1) is 10.7. The number of rotatable bonds is 4. The Hall–Kier alpha value is -0.380. The van der Waals surface area contributed by atoms with Crippen LogP contribution in [0.5, 0.6) is 0 Å². The van der Waals surface area contributed by atoms with Crippen LogP contribution in [0.4, 0.5) is 0 Å². The van der Waals surface area contributed by atoms with Gasteiger partial charge in [-0.1, -0.05) is 0 Å². The number of hydrogen-bond donors (Lipinski definition) is 2. The Balaban J connectivity index is 2.44. The molecule has 0 aromatic carbocycles. The molecule has 0 aliphatic rings. The number of aryl methyl sites for hydroxylation is 1. The van der Waals surface area contributed by atoms with Gasteiger partial charge >= 0.3 is 0 Å². The van der Waals surface area contributed by atoms with Crippen LogP contribution in [0.15, 0.2) is 12.1 Å². The second-order valence-corrected chi connectivity index (χ2v) is 4.75. The molecule has 0 fully saturated rings. The molecule has 1 rings (SSSR count). The second-order valence-electron chi connectivity index (χ2n) is 3.43. The van der Waals surface area contributed by atoms with Gasteiger partial charge < -0.3 is 10.4 Å². The summed E-state index contributed by atoms with van der Waals surface area (Å²) in [5, 5.41) is 12.4. The molecule has 2 atom stereocenters. The highest BCUT2D eigenvalue weighted by Crippen LogP contribution is 2.21. The van der Waals surface area contributed by atoms with Gasteiger partial charge in [0.1, 0.15) is 0 Å². The van der Waals surface area contributed by atoms with Gasteiger partial charge in [-0.25, -0.2) is 0 Å². The van der Waals surface area contributed by atoms with E-state index in [1.165, 1.54) is 9.75 Å². The van der Waals surface area contributed by atoms with E-state index in [2.05, 4.69) is 31.3 Å². The van der Waals surface area contributed by atoms with Crippen molar-refractivity contribution in [2.75, 3.05) is 6.54 Å². The van der Waals surface area contributed by atoms with Crippen LogP contribution in [0.2, 0.25) is 0 Å². The molecule has 2 nitrogen and oxygen atoms in total. The maximum absolute atomic E-state index is 9.09. The number of nitrogens with one attached hydrogen (secondary N) is 1. The molecular weight excluding hydrogens is 182 g/mol. The molecule has 0 saturated heterocycles. The quantitative estimate of drug-likeness (QED) is 0.778. The molecule has 0 aliphatic carbocycles. The van der Waals surface area contributed by atoms with E-state index in [1.54, 1.807) is 18.3 Å².